The molecule has 8 heteroatoms. The van der Waals surface area contributed by atoms with Crippen LogP contribution in [-0.4, -0.2) is 38.3 Å². The molecular weight excluding hydrogens is 364 g/mol. The summed E-state index contributed by atoms with van der Waals surface area (Å²) < 4.78 is 26.5. The van der Waals surface area contributed by atoms with Crippen molar-refractivity contribution in [1.82, 2.24) is 4.31 Å². The minimum atomic E-state index is -3.56. The van der Waals surface area contributed by atoms with Crippen molar-refractivity contribution in [3.8, 4) is 6.07 Å². The molecule has 0 spiro atoms. The molecule has 0 fully saturated rings. The van der Waals surface area contributed by atoms with Gasteiger partial charge in [0.15, 0.2) is 0 Å². The van der Waals surface area contributed by atoms with Crippen LogP contribution in [0.1, 0.15) is 19.4 Å². The molecule has 1 amide bonds. The third kappa shape index (κ3) is 5.29. The van der Waals surface area contributed by atoms with E-state index in [9.17, 15) is 13.2 Å². The molecule has 0 radical (unpaired) electrons. The van der Waals surface area contributed by atoms with Gasteiger partial charge in [-0.3, -0.25) is 4.79 Å². The molecular formula is C19H22N4O3S. The van der Waals surface area contributed by atoms with Crippen LogP contribution in [0.5, 0.6) is 0 Å². The number of sulfonamides is 1. The van der Waals surface area contributed by atoms with Crippen LogP contribution in [0, 0.1) is 11.3 Å². The molecule has 0 aliphatic rings. The average Bonchev–Trinajstić information content (AvgIpc) is 2.67. The fourth-order valence-electron chi connectivity index (χ4n) is 2.53. The molecule has 0 bridgehead atoms. The van der Waals surface area contributed by atoms with E-state index in [-0.39, 0.29) is 17.3 Å². The summed E-state index contributed by atoms with van der Waals surface area (Å²) in [5, 5.41) is 14.5. The van der Waals surface area contributed by atoms with Gasteiger partial charge < -0.3 is 10.6 Å². The van der Waals surface area contributed by atoms with E-state index < -0.39 is 10.0 Å². The van der Waals surface area contributed by atoms with Gasteiger partial charge in [-0.25, -0.2) is 8.42 Å². The molecule has 0 aromatic heterocycles. The van der Waals surface area contributed by atoms with E-state index in [0.29, 0.717) is 30.0 Å². The molecule has 142 valence electrons. The summed E-state index contributed by atoms with van der Waals surface area (Å²) in [7, 11) is -3.56. The molecule has 0 saturated heterocycles. The van der Waals surface area contributed by atoms with Gasteiger partial charge in [-0.1, -0.05) is 26.0 Å². The number of hydrogen-bond donors (Lipinski definition) is 2. The lowest BCUT2D eigenvalue weighted by Crippen LogP contribution is -2.30. The monoisotopic (exact) mass is 386 g/mol. The first-order valence-electron chi connectivity index (χ1n) is 8.54. The Kier molecular flexibility index (Phi) is 6.93. The number of carbonyl (C=O) groups excluding carboxylic acids is 1. The number of nitrogens with zero attached hydrogens (tertiary/aromatic N) is 2. The molecule has 0 atom stereocenters. The molecule has 2 aromatic carbocycles. The highest BCUT2D eigenvalue weighted by atomic mass is 32.2. The van der Waals surface area contributed by atoms with Crippen molar-refractivity contribution >= 4 is 27.3 Å². The molecule has 0 heterocycles. The van der Waals surface area contributed by atoms with Crippen LogP contribution < -0.4 is 10.6 Å². The van der Waals surface area contributed by atoms with Crippen molar-refractivity contribution in [2.24, 2.45) is 0 Å². The molecule has 2 rings (SSSR count). The lowest BCUT2D eigenvalue weighted by atomic mass is 10.2. The first kappa shape index (κ1) is 20.4. The van der Waals surface area contributed by atoms with Crippen LogP contribution in [0.3, 0.4) is 0 Å². The number of nitrogens with one attached hydrogen (secondary N) is 2. The summed E-state index contributed by atoms with van der Waals surface area (Å²) in [4.78, 5) is 12.3. The quantitative estimate of drug-likeness (QED) is 0.726. The van der Waals surface area contributed by atoms with Crippen molar-refractivity contribution in [3.63, 3.8) is 0 Å². The standard InChI is InChI=1S/C19H22N4O3S/c1-3-23(4-2)27(25,26)18-10-6-8-16(12-18)21-14-19(24)22-17-9-5-7-15(11-17)13-20/h5-12,21H,3-4,14H2,1-2H3,(H,22,24). The van der Waals surface area contributed by atoms with Gasteiger partial charge in [0.05, 0.1) is 23.1 Å². The fraction of sp³-hybridized carbons (Fsp3) is 0.263. The molecule has 0 unspecified atom stereocenters. The highest BCUT2D eigenvalue weighted by Crippen LogP contribution is 2.19. The topological polar surface area (TPSA) is 102 Å². The second-order valence-corrected chi connectivity index (χ2v) is 7.65. The number of nitriles is 1. The van der Waals surface area contributed by atoms with Crippen LogP contribution in [0.25, 0.3) is 0 Å². The molecule has 2 aromatic rings. The fourth-order valence-corrected chi connectivity index (χ4v) is 4.04. The molecule has 0 saturated carbocycles. The number of hydrogen-bond acceptors (Lipinski definition) is 5. The van der Waals surface area contributed by atoms with Crippen molar-refractivity contribution in [2.75, 3.05) is 30.3 Å². The second kappa shape index (κ2) is 9.16. The van der Waals surface area contributed by atoms with Gasteiger partial charge >= 0.3 is 0 Å². The number of benzene rings is 2. The molecule has 0 aliphatic heterocycles. The van der Waals surface area contributed by atoms with E-state index in [1.165, 1.54) is 16.4 Å². The largest absolute Gasteiger partial charge is 0.376 e. The normalized spacial score (nSPS) is 11.0. The van der Waals surface area contributed by atoms with Gasteiger partial charge in [0, 0.05) is 24.5 Å². The average molecular weight is 386 g/mol. The van der Waals surface area contributed by atoms with Crippen LogP contribution in [-0.2, 0) is 14.8 Å². The van der Waals surface area contributed by atoms with Crippen molar-refractivity contribution in [1.29, 1.82) is 5.26 Å². The Morgan fingerprint density at radius 2 is 1.74 bits per heavy atom. The number of anilines is 2. The summed E-state index contributed by atoms with van der Waals surface area (Å²) >= 11 is 0. The van der Waals surface area contributed by atoms with E-state index in [4.69, 9.17) is 5.26 Å². The Labute approximate surface area is 159 Å². The second-order valence-electron chi connectivity index (χ2n) is 5.71. The molecule has 7 nitrogen and oxygen atoms in total. The van der Waals surface area contributed by atoms with E-state index >= 15 is 0 Å². The number of carbonyl (C=O) groups is 1. The Balaban J connectivity index is 2.04. The Morgan fingerprint density at radius 3 is 2.41 bits per heavy atom. The van der Waals surface area contributed by atoms with Crippen molar-refractivity contribution < 1.29 is 13.2 Å². The Morgan fingerprint density at radius 1 is 1.07 bits per heavy atom. The van der Waals surface area contributed by atoms with Crippen LogP contribution >= 0.6 is 0 Å². The highest BCUT2D eigenvalue weighted by molar-refractivity contribution is 7.89. The van der Waals surface area contributed by atoms with Crippen molar-refractivity contribution in [2.45, 2.75) is 18.7 Å². The zero-order valence-corrected chi connectivity index (χ0v) is 16.1. The minimum absolute atomic E-state index is 0.0362. The van der Waals surface area contributed by atoms with Crippen LogP contribution in [0.2, 0.25) is 0 Å². The van der Waals surface area contributed by atoms with Gasteiger partial charge in [0.1, 0.15) is 0 Å². The summed E-state index contributed by atoms with van der Waals surface area (Å²) in [5.41, 5.74) is 1.51. The summed E-state index contributed by atoms with van der Waals surface area (Å²) in [6, 6.07) is 15.0. The molecule has 0 aliphatic carbocycles. The first-order valence-corrected chi connectivity index (χ1v) is 9.98. The van der Waals surface area contributed by atoms with Gasteiger partial charge in [0.2, 0.25) is 15.9 Å². The van der Waals surface area contributed by atoms with E-state index in [1.54, 1.807) is 50.2 Å². The Hall–Kier alpha value is -2.89. The van der Waals surface area contributed by atoms with E-state index in [0.717, 1.165) is 0 Å². The van der Waals surface area contributed by atoms with Gasteiger partial charge in [0.25, 0.3) is 0 Å². The first-order chi connectivity index (χ1) is 12.9. The number of amides is 1. The summed E-state index contributed by atoms with van der Waals surface area (Å²) in [6.07, 6.45) is 0. The smallest absolute Gasteiger partial charge is 0.243 e. The zero-order valence-electron chi connectivity index (χ0n) is 15.3. The zero-order chi connectivity index (χ0) is 19.9. The summed E-state index contributed by atoms with van der Waals surface area (Å²) in [5.74, 6) is -0.304. The maximum atomic E-state index is 12.6. The maximum Gasteiger partial charge on any atom is 0.243 e. The highest BCUT2D eigenvalue weighted by Gasteiger charge is 2.21. The lowest BCUT2D eigenvalue weighted by molar-refractivity contribution is -0.114. The third-order valence-corrected chi connectivity index (χ3v) is 5.95. The minimum Gasteiger partial charge on any atom is -0.376 e. The Bertz CT molecular complexity index is 947. The van der Waals surface area contributed by atoms with E-state index in [1.807, 2.05) is 6.07 Å². The lowest BCUT2D eigenvalue weighted by Gasteiger charge is -2.19. The predicted octanol–water partition coefficient (Wildman–Crippen LogP) is 2.64. The summed E-state index contributed by atoms with van der Waals surface area (Å²) in [6.45, 7) is 4.32. The van der Waals surface area contributed by atoms with Crippen molar-refractivity contribution in [3.05, 3.63) is 54.1 Å². The van der Waals surface area contributed by atoms with Gasteiger partial charge in [-0.2, -0.15) is 9.57 Å². The number of rotatable bonds is 8. The third-order valence-electron chi connectivity index (χ3n) is 3.91. The van der Waals surface area contributed by atoms with Gasteiger partial charge in [-0.15, -0.1) is 0 Å². The van der Waals surface area contributed by atoms with Crippen LogP contribution in [0.15, 0.2) is 53.4 Å². The molecule has 27 heavy (non-hydrogen) atoms. The SMILES string of the molecule is CCN(CC)S(=O)(=O)c1cccc(NCC(=O)Nc2cccc(C#N)c2)c1. The van der Waals surface area contributed by atoms with Crippen LogP contribution in [0.4, 0.5) is 11.4 Å². The predicted molar refractivity (Wildman–Crippen MR) is 105 cm³/mol. The van der Waals surface area contributed by atoms with E-state index in [2.05, 4.69) is 10.6 Å². The molecule has 2 N–H and O–H groups in total. The van der Waals surface area contributed by atoms with Gasteiger partial charge in [-0.05, 0) is 36.4 Å². The maximum absolute atomic E-state index is 12.6.